The lowest BCUT2D eigenvalue weighted by Gasteiger charge is -2.38. The van der Waals surface area contributed by atoms with E-state index in [2.05, 4.69) is 47.2 Å². The largest absolute Gasteiger partial charge is 0.342 e. The van der Waals surface area contributed by atoms with Gasteiger partial charge in [-0.25, -0.2) is 14.8 Å². The topological polar surface area (TPSA) is 76.2 Å². The zero-order valence-corrected chi connectivity index (χ0v) is 24.7. The average molecular weight is 576 g/mol. The Hall–Kier alpha value is -3.20. The number of amides is 4. The Labute approximate surface area is 246 Å². The summed E-state index contributed by atoms with van der Waals surface area (Å²) >= 11 is 6.18. The van der Waals surface area contributed by atoms with Crippen LogP contribution in [-0.4, -0.2) is 76.9 Å². The van der Waals surface area contributed by atoms with E-state index in [4.69, 9.17) is 11.6 Å². The van der Waals surface area contributed by atoms with E-state index in [9.17, 15) is 14.4 Å². The zero-order valence-electron chi connectivity index (χ0n) is 23.9. The number of fused-ring (bicyclic) bond motifs is 1. The Morgan fingerprint density at radius 1 is 0.854 bits per heavy atom. The summed E-state index contributed by atoms with van der Waals surface area (Å²) in [7, 11) is 0. The lowest BCUT2D eigenvalue weighted by atomic mass is 9.72. The van der Waals surface area contributed by atoms with E-state index in [1.807, 2.05) is 24.3 Å². The van der Waals surface area contributed by atoms with Crippen LogP contribution in [0.1, 0.15) is 66.6 Å². The van der Waals surface area contributed by atoms with Crippen LogP contribution in [0.3, 0.4) is 0 Å². The summed E-state index contributed by atoms with van der Waals surface area (Å²) in [5, 5.41) is 5.88. The molecular formula is C32H38ClN5O3. The monoisotopic (exact) mass is 575 g/mol. The molecule has 9 heteroatoms. The average Bonchev–Trinajstić information content (AvgIpc) is 3.26. The second kappa shape index (κ2) is 11.2. The summed E-state index contributed by atoms with van der Waals surface area (Å²) in [5.41, 5.74) is 7.41. The van der Waals surface area contributed by atoms with Gasteiger partial charge in [-0.2, -0.15) is 0 Å². The van der Waals surface area contributed by atoms with Crippen molar-refractivity contribution in [1.82, 2.24) is 25.1 Å². The summed E-state index contributed by atoms with van der Waals surface area (Å²) in [6.45, 7) is 11.2. The summed E-state index contributed by atoms with van der Waals surface area (Å²) in [4.78, 5) is 41.9. The van der Waals surface area contributed by atoms with Crippen molar-refractivity contribution in [2.75, 3.05) is 39.3 Å². The van der Waals surface area contributed by atoms with E-state index in [-0.39, 0.29) is 24.8 Å². The fourth-order valence-electron chi connectivity index (χ4n) is 6.54. The van der Waals surface area contributed by atoms with Gasteiger partial charge in [0, 0.05) is 56.3 Å². The maximum absolute atomic E-state index is 13.0. The van der Waals surface area contributed by atoms with Gasteiger partial charge < -0.3 is 0 Å². The molecule has 0 saturated carbocycles. The molecule has 8 nitrogen and oxygen atoms in total. The highest BCUT2D eigenvalue weighted by Gasteiger charge is 2.37. The highest BCUT2D eigenvalue weighted by molar-refractivity contribution is 6.30. The molecule has 2 saturated heterocycles. The number of allylic oxidation sites excluding steroid dienone is 1. The van der Waals surface area contributed by atoms with Crippen LogP contribution in [0.4, 0.5) is 4.79 Å². The van der Waals surface area contributed by atoms with Crippen LogP contribution in [0.2, 0.25) is 5.02 Å². The van der Waals surface area contributed by atoms with Crippen LogP contribution in [0.15, 0.2) is 48.0 Å². The molecule has 2 fully saturated rings. The number of nitrogens with one attached hydrogen (secondary N) is 1. The first kappa shape index (κ1) is 27.9. The van der Waals surface area contributed by atoms with Crippen LogP contribution in [0, 0.1) is 5.41 Å². The second-order valence-corrected chi connectivity index (χ2v) is 13.0. The standard InChI is InChI=1S/C32H38ClN5O3/c1-32(2)11-9-24(28(18-32)23-4-6-26(33)7-5-23)20-36-15-13-35(14-16-36)19-22-3-8-27-25(17-22)21-38(30(27)40)37-12-10-29(39)34-31(37)41/h3-8,17H,9-16,18-21H2,1-2H3,(H,34,39,41). The molecule has 2 aromatic rings. The SMILES string of the molecule is CC1(C)CCC(CN2CCN(Cc3ccc4c(c3)CN(N3CCC(=O)NC3=O)C4=O)CC2)=C(c2ccc(Cl)cc2)C1. The van der Waals surface area contributed by atoms with Gasteiger partial charge in [0.25, 0.3) is 5.91 Å². The quantitative estimate of drug-likeness (QED) is 0.528. The maximum Gasteiger partial charge on any atom is 0.342 e. The van der Waals surface area contributed by atoms with E-state index in [0.717, 1.165) is 62.7 Å². The number of imide groups is 1. The Bertz CT molecular complexity index is 1390. The number of benzene rings is 2. The predicted molar refractivity (Wildman–Crippen MR) is 159 cm³/mol. The molecule has 3 aliphatic heterocycles. The minimum atomic E-state index is -0.534. The number of hydrogen-bond acceptors (Lipinski definition) is 5. The van der Waals surface area contributed by atoms with Crippen LogP contribution < -0.4 is 5.32 Å². The summed E-state index contributed by atoms with van der Waals surface area (Å²) in [6, 6.07) is 13.8. The number of hydrogen-bond donors (Lipinski definition) is 1. The minimum absolute atomic E-state index is 0.192. The molecule has 0 radical (unpaired) electrons. The van der Waals surface area contributed by atoms with Gasteiger partial charge in [-0.1, -0.05) is 55.3 Å². The van der Waals surface area contributed by atoms with Gasteiger partial charge in [0.05, 0.1) is 13.1 Å². The van der Waals surface area contributed by atoms with E-state index >= 15 is 0 Å². The fourth-order valence-corrected chi connectivity index (χ4v) is 6.66. The van der Waals surface area contributed by atoms with E-state index in [1.165, 1.54) is 33.1 Å². The number of carbonyl (C=O) groups excluding carboxylic acids is 3. The van der Waals surface area contributed by atoms with Gasteiger partial charge in [-0.3, -0.25) is 24.7 Å². The molecule has 1 aliphatic carbocycles. The van der Waals surface area contributed by atoms with Crippen molar-refractivity contribution in [3.63, 3.8) is 0 Å². The lowest BCUT2D eigenvalue weighted by Crippen LogP contribution is -2.56. The third-order valence-electron chi connectivity index (χ3n) is 8.94. The number of rotatable bonds is 6. The van der Waals surface area contributed by atoms with Crippen LogP contribution >= 0.6 is 11.6 Å². The maximum atomic E-state index is 13.0. The van der Waals surface area contributed by atoms with Gasteiger partial charge in [0.15, 0.2) is 0 Å². The van der Waals surface area contributed by atoms with Crippen molar-refractivity contribution in [1.29, 1.82) is 0 Å². The predicted octanol–water partition coefficient (Wildman–Crippen LogP) is 4.93. The number of nitrogens with zero attached hydrogens (tertiary/aromatic N) is 4. The highest BCUT2D eigenvalue weighted by Crippen LogP contribution is 2.43. The molecule has 0 aromatic heterocycles. The first-order valence-electron chi connectivity index (χ1n) is 14.6. The molecule has 4 aliphatic rings. The lowest BCUT2D eigenvalue weighted by molar-refractivity contribution is -0.123. The van der Waals surface area contributed by atoms with Crippen LogP contribution in [-0.2, 0) is 17.9 Å². The van der Waals surface area contributed by atoms with Crippen molar-refractivity contribution < 1.29 is 14.4 Å². The molecule has 0 bridgehead atoms. The number of hydrazine groups is 1. The van der Waals surface area contributed by atoms with Gasteiger partial charge in [-0.05, 0) is 65.1 Å². The van der Waals surface area contributed by atoms with Crippen molar-refractivity contribution in [3.05, 3.63) is 75.3 Å². The number of carbonyl (C=O) groups is 3. The summed E-state index contributed by atoms with van der Waals surface area (Å²) in [6.07, 6.45) is 3.66. The molecule has 0 spiro atoms. The molecule has 6 rings (SSSR count). The molecule has 216 valence electrons. The fraction of sp³-hybridized carbons (Fsp3) is 0.469. The molecule has 41 heavy (non-hydrogen) atoms. The van der Waals surface area contributed by atoms with Crippen molar-refractivity contribution in [2.45, 2.75) is 52.6 Å². The van der Waals surface area contributed by atoms with Gasteiger partial charge in [0.2, 0.25) is 5.91 Å². The molecule has 0 unspecified atom stereocenters. The van der Waals surface area contributed by atoms with Gasteiger partial charge in [-0.15, -0.1) is 0 Å². The summed E-state index contributed by atoms with van der Waals surface area (Å²) in [5.74, 6) is -0.498. The first-order chi connectivity index (χ1) is 19.6. The number of piperazine rings is 1. The van der Waals surface area contributed by atoms with E-state index in [0.29, 0.717) is 17.5 Å². The van der Waals surface area contributed by atoms with E-state index in [1.54, 1.807) is 5.57 Å². The van der Waals surface area contributed by atoms with Gasteiger partial charge in [0.1, 0.15) is 0 Å². The number of halogens is 1. The van der Waals surface area contributed by atoms with Crippen molar-refractivity contribution in [3.8, 4) is 0 Å². The van der Waals surface area contributed by atoms with Crippen LogP contribution in [0.5, 0.6) is 0 Å². The normalized spacial score (nSPS) is 21.9. The highest BCUT2D eigenvalue weighted by atomic mass is 35.5. The zero-order chi connectivity index (χ0) is 28.7. The smallest absolute Gasteiger partial charge is 0.297 e. The van der Waals surface area contributed by atoms with E-state index < -0.39 is 6.03 Å². The molecule has 2 aromatic carbocycles. The summed E-state index contributed by atoms with van der Waals surface area (Å²) < 4.78 is 0. The van der Waals surface area contributed by atoms with Crippen LogP contribution in [0.25, 0.3) is 5.57 Å². The second-order valence-electron chi connectivity index (χ2n) is 12.6. The van der Waals surface area contributed by atoms with Crippen molar-refractivity contribution >= 4 is 35.0 Å². The third-order valence-corrected chi connectivity index (χ3v) is 9.19. The molecule has 0 atom stereocenters. The van der Waals surface area contributed by atoms with Crippen molar-refractivity contribution in [2.24, 2.45) is 5.41 Å². The molecule has 1 N–H and O–H groups in total. The first-order valence-corrected chi connectivity index (χ1v) is 15.0. The Kier molecular flexibility index (Phi) is 7.66. The Balaban J connectivity index is 1.07. The van der Waals surface area contributed by atoms with Gasteiger partial charge >= 0.3 is 6.03 Å². The number of urea groups is 1. The third kappa shape index (κ3) is 6.05. The molecule has 4 amide bonds. The molecular weight excluding hydrogens is 538 g/mol. The molecule has 3 heterocycles. The Morgan fingerprint density at radius 3 is 2.27 bits per heavy atom. The minimum Gasteiger partial charge on any atom is -0.297 e. The Morgan fingerprint density at radius 2 is 1.56 bits per heavy atom.